The minimum atomic E-state index is -0.131. The topological polar surface area (TPSA) is 77.3 Å². The molecule has 1 atom stereocenters. The van der Waals surface area contributed by atoms with Crippen LogP contribution in [0.1, 0.15) is 29.7 Å². The molecule has 8 nitrogen and oxygen atoms in total. The predicted molar refractivity (Wildman–Crippen MR) is 101 cm³/mol. The van der Waals surface area contributed by atoms with Crippen molar-refractivity contribution in [2.45, 2.75) is 20.0 Å². The maximum atomic E-state index is 12.6. The molecule has 0 N–H and O–H groups in total. The molecule has 150 valence electrons. The van der Waals surface area contributed by atoms with Crippen LogP contribution >= 0.6 is 0 Å². The normalized spacial score (nSPS) is 18.4. The van der Waals surface area contributed by atoms with Crippen LogP contribution in [0, 0.1) is 5.92 Å². The highest BCUT2D eigenvalue weighted by Crippen LogP contribution is 2.35. The van der Waals surface area contributed by atoms with Crippen LogP contribution in [0.2, 0.25) is 0 Å². The fraction of sp³-hybridized carbons (Fsp3) is 0.500. The number of nitrogens with zero attached hydrogens (tertiary/aromatic N) is 3. The van der Waals surface area contributed by atoms with Crippen molar-refractivity contribution in [2.24, 2.45) is 5.92 Å². The Morgan fingerprint density at radius 3 is 3.04 bits per heavy atom. The molecule has 1 aromatic heterocycles. The Morgan fingerprint density at radius 1 is 1.36 bits per heavy atom. The van der Waals surface area contributed by atoms with Gasteiger partial charge in [-0.15, -0.1) is 0 Å². The second-order valence-corrected chi connectivity index (χ2v) is 7.16. The lowest BCUT2D eigenvalue weighted by Gasteiger charge is -2.20. The van der Waals surface area contributed by atoms with Crippen molar-refractivity contribution in [1.29, 1.82) is 0 Å². The lowest BCUT2D eigenvalue weighted by molar-refractivity contribution is 0.0767. The zero-order valence-electron chi connectivity index (χ0n) is 16.2. The van der Waals surface area contributed by atoms with Crippen molar-refractivity contribution in [3.8, 4) is 17.2 Å². The van der Waals surface area contributed by atoms with Gasteiger partial charge in [0.05, 0.1) is 0 Å². The number of benzene rings is 1. The highest BCUT2D eigenvalue weighted by molar-refractivity contribution is 5.91. The summed E-state index contributed by atoms with van der Waals surface area (Å²) in [7, 11) is 1.81. The smallest absolute Gasteiger partial charge is 0.275 e. The highest BCUT2D eigenvalue weighted by Gasteiger charge is 2.25. The van der Waals surface area contributed by atoms with E-state index in [1.807, 2.05) is 7.05 Å². The van der Waals surface area contributed by atoms with Gasteiger partial charge in [0.2, 0.25) is 12.7 Å². The molecule has 1 fully saturated rings. The molecule has 1 aromatic carbocycles. The van der Waals surface area contributed by atoms with Gasteiger partial charge >= 0.3 is 0 Å². The lowest BCUT2D eigenvalue weighted by atomic mass is 10.1. The third kappa shape index (κ3) is 4.06. The molecular weight excluding hydrogens is 362 g/mol. The molecule has 0 unspecified atom stereocenters. The van der Waals surface area contributed by atoms with Gasteiger partial charge in [-0.3, -0.25) is 4.79 Å². The van der Waals surface area contributed by atoms with Gasteiger partial charge in [0.1, 0.15) is 12.0 Å². The number of rotatable bonds is 7. The van der Waals surface area contributed by atoms with Gasteiger partial charge in [-0.2, -0.15) is 0 Å². The predicted octanol–water partition coefficient (Wildman–Crippen LogP) is 2.40. The van der Waals surface area contributed by atoms with Crippen molar-refractivity contribution in [2.75, 3.05) is 40.0 Å². The zero-order chi connectivity index (χ0) is 19.5. The van der Waals surface area contributed by atoms with Gasteiger partial charge in [0.25, 0.3) is 5.91 Å². The number of oxazole rings is 1. The molecule has 0 radical (unpaired) electrons. The Kier molecular flexibility index (Phi) is 5.38. The van der Waals surface area contributed by atoms with E-state index in [0.717, 1.165) is 32.6 Å². The molecule has 1 amide bonds. The van der Waals surface area contributed by atoms with Crippen LogP contribution in [0.3, 0.4) is 0 Å². The molecule has 0 aliphatic carbocycles. The van der Waals surface area contributed by atoms with E-state index in [4.69, 9.17) is 18.6 Å². The largest absolute Gasteiger partial charge is 0.484 e. The molecule has 2 aliphatic heterocycles. The Balaban J connectivity index is 1.30. The number of hydrogen-bond acceptors (Lipinski definition) is 7. The average Bonchev–Trinajstić information content (AvgIpc) is 3.45. The number of carbonyl (C=O) groups excluding carboxylic acids is 1. The Labute approximate surface area is 164 Å². The average molecular weight is 387 g/mol. The summed E-state index contributed by atoms with van der Waals surface area (Å²) in [6, 6.07) is 5.34. The molecule has 2 aliphatic rings. The first kappa shape index (κ1) is 18.6. The molecule has 2 aromatic rings. The molecular formula is C20H25N3O5. The number of ether oxygens (including phenoxy) is 3. The summed E-state index contributed by atoms with van der Waals surface area (Å²) < 4.78 is 21.7. The summed E-state index contributed by atoms with van der Waals surface area (Å²) in [4.78, 5) is 21.0. The van der Waals surface area contributed by atoms with Crippen molar-refractivity contribution in [3.05, 3.63) is 36.0 Å². The molecule has 4 rings (SSSR count). The maximum Gasteiger partial charge on any atom is 0.275 e. The number of fused-ring (bicyclic) bond motifs is 1. The minimum Gasteiger partial charge on any atom is -0.484 e. The molecule has 0 bridgehead atoms. The Morgan fingerprint density at radius 2 is 2.21 bits per heavy atom. The minimum absolute atomic E-state index is 0.130. The van der Waals surface area contributed by atoms with E-state index in [9.17, 15) is 4.79 Å². The first-order valence-corrected chi connectivity index (χ1v) is 9.57. The summed E-state index contributed by atoms with van der Waals surface area (Å²) in [5.74, 6) is 2.70. The fourth-order valence-corrected chi connectivity index (χ4v) is 3.60. The molecule has 0 spiro atoms. The first-order valence-electron chi connectivity index (χ1n) is 9.57. The monoisotopic (exact) mass is 387 g/mol. The van der Waals surface area contributed by atoms with Gasteiger partial charge in [0, 0.05) is 26.2 Å². The summed E-state index contributed by atoms with van der Waals surface area (Å²) in [5, 5.41) is 0. The van der Waals surface area contributed by atoms with Gasteiger partial charge in [0.15, 0.2) is 23.8 Å². The van der Waals surface area contributed by atoms with E-state index >= 15 is 0 Å². The number of hydrogen-bond donors (Lipinski definition) is 0. The van der Waals surface area contributed by atoms with Crippen LogP contribution in [0.15, 0.2) is 28.9 Å². The first-order chi connectivity index (χ1) is 13.6. The van der Waals surface area contributed by atoms with E-state index in [1.54, 1.807) is 23.1 Å². The summed E-state index contributed by atoms with van der Waals surface area (Å²) in [5.41, 5.74) is 0.303. The van der Waals surface area contributed by atoms with Gasteiger partial charge < -0.3 is 28.4 Å². The number of amides is 1. The van der Waals surface area contributed by atoms with Gasteiger partial charge in [-0.1, -0.05) is 6.92 Å². The summed E-state index contributed by atoms with van der Waals surface area (Å²) in [6.07, 6.45) is 2.52. The van der Waals surface area contributed by atoms with Crippen LogP contribution < -0.4 is 14.2 Å². The van der Waals surface area contributed by atoms with Crippen LogP contribution in [0.25, 0.3) is 0 Å². The Hall–Kier alpha value is -2.74. The van der Waals surface area contributed by atoms with E-state index < -0.39 is 0 Å². The van der Waals surface area contributed by atoms with Crippen LogP contribution in [0.4, 0.5) is 0 Å². The molecule has 3 heterocycles. The van der Waals surface area contributed by atoms with Crippen molar-refractivity contribution < 1.29 is 23.4 Å². The van der Waals surface area contributed by atoms with E-state index in [0.29, 0.717) is 34.8 Å². The number of carbonyl (C=O) groups is 1. The number of aromatic nitrogens is 1. The van der Waals surface area contributed by atoms with E-state index in [1.165, 1.54) is 6.26 Å². The van der Waals surface area contributed by atoms with Crippen LogP contribution in [-0.2, 0) is 6.61 Å². The Bertz CT molecular complexity index is 837. The quantitative estimate of drug-likeness (QED) is 0.722. The molecule has 1 saturated heterocycles. The lowest BCUT2D eigenvalue weighted by Crippen LogP contribution is -2.33. The SMILES string of the molecule is CCN1CC[C@@H](CN(C)C(=O)c2coc(COc3ccc4c(c3)OCO4)n2)C1. The second-order valence-electron chi connectivity index (χ2n) is 7.16. The van der Waals surface area contributed by atoms with E-state index in [-0.39, 0.29) is 19.3 Å². The van der Waals surface area contributed by atoms with Crippen molar-refractivity contribution in [3.63, 3.8) is 0 Å². The van der Waals surface area contributed by atoms with Gasteiger partial charge in [-0.25, -0.2) is 4.98 Å². The van der Waals surface area contributed by atoms with Gasteiger partial charge in [-0.05, 0) is 37.6 Å². The maximum absolute atomic E-state index is 12.6. The molecule has 0 saturated carbocycles. The van der Waals surface area contributed by atoms with Crippen LogP contribution in [0.5, 0.6) is 17.2 Å². The highest BCUT2D eigenvalue weighted by atomic mass is 16.7. The standard InChI is InChI=1S/C20H25N3O5/c1-3-23-7-6-14(10-23)9-22(2)20(24)16-11-26-19(21-16)12-25-15-4-5-17-18(8-15)28-13-27-17/h4-5,8,11,14H,3,6-7,9-10,12-13H2,1-2H3/t14-/m0/s1. The van der Waals surface area contributed by atoms with Crippen LogP contribution in [-0.4, -0.2) is 60.7 Å². The summed E-state index contributed by atoms with van der Waals surface area (Å²) in [6.45, 7) is 6.45. The molecule has 28 heavy (non-hydrogen) atoms. The second kappa shape index (κ2) is 8.10. The number of likely N-dealkylation sites (tertiary alicyclic amines) is 1. The summed E-state index contributed by atoms with van der Waals surface area (Å²) >= 11 is 0. The zero-order valence-corrected chi connectivity index (χ0v) is 16.2. The van der Waals surface area contributed by atoms with Crippen molar-refractivity contribution >= 4 is 5.91 Å². The van der Waals surface area contributed by atoms with E-state index in [2.05, 4.69) is 16.8 Å². The third-order valence-corrected chi connectivity index (χ3v) is 5.17. The fourth-order valence-electron chi connectivity index (χ4n) is 3.60. The van der Waals surface area contributed by atoms with Crippen molar-refractivity contribution in [1.82, 2.24) is 14.8 Å². The molecule has 8 heteroatoms. The third-order valence-electron chi connectivity index (χ3n) is 5.17.